The monoisotopic (exact) mass is 478 g/mol. The zero-order valence-electron chi connectivity index (χ0n) is 17.6. The molecular formula is C24H17ClF2N6O. The molecule has 7 nitrogen and oxygen atoms in total. The van der Waals surface area contributed by atoms with Crippen LogP contribution in [0.4, 0.5) is 14.5 Å². The lowest BCUT2D eigenvalue weighted by Gasteiger charge is -2.24. The second-order valence-electron chi connectivity index (χ2n) is 7.62. The molecule has 0 atom stereocenters. The molecule has 10 heteroatoms. The Morgan fingerprint density at radius 1 is 1.09 bits per heavy atom. The quantitative estimate of drug-likeness (QED) is 0.373. The van der Waals surface area contributed by atoms with E-state index >= 15 is 4.39 Å². The molecule has 0 unspecified atom stereocenters. The first-order valence-corrected chi connectivity index (χ1v) is 10.7. The summed E-state index contributed by atoms with van der Waals surface area (Å²) in [5.41, 5.74) is 2.96. The second-order valence-corrected chi connectivity index (χ2v) is 8.06. The van der Waals surface area contributed by atoms with Crippen LogP contribution in [0.5, 0.6) is 0 Å². The fraction of sp³-hybridized carbons (Fsp3) is 0.0833. The predicted molar refractivity (Wildman–Crippen MR) is 124 cm³/mol. The Labute approximate surface area is 197 Å². The molecule has 170 valence electrons. The number of nitrogens with zero attached hydrogens (tertiary/aromatic N) is 5. The minimum atomic E-state index is -0.619. The number of halogens is 3. The Hall–Kier alpha value is -4.11. The number of rotatable bonds is 6. The van der Waals surface area contributed by atoms with E-state index in [0.717, 1.165) is 0 Å². The Kier molecular flexibility index (Phi) is 5.77. The number of aromatic nitrogens is 5. The minimum Gasteiger partial charge on any atom is -0.345 e. The van der Waals surface area contributed by atoms with Crippen molar-refractivity contribution in [2.24, 2.45) is 0 Å². The molecule has 1 amide bonds. The van der Waals surface area contributed by atoms with Gasteiger partial charge < -0.3 is 9.88 Å². The number of hydrogen-bond donors (Lipinski definition) is 1. The van der Waals surface area contributed by atoms with Crippen LogP contribution in [-0.4, -0.2) is 30.9 Å². The van der Waals surface area contributed by atoms with Crippen molar-refractivity contribution in [2.45, 2.75) is 13.1 Å². The van der Waals surface area contributed by atoms with Gasteiger partial charge in [-0.3, -0.25) is 4.79 Å². The maximum Gasteiger partial charge on any atom is 0.249 e. The lowest BCUT2D eigenvalue weighted by Crippen LogP contribution is -2.34. The molecule has 0 saturated heterocycles. The van der Waals surface area contributed by atoms with Gasteiger partial charge in [-0.15, -0.1) is 5.10 Å². The van der Waals surface area contributed by atoms with Crippen LogP contribution in [0.15, 0.2) is 73.2 Å². The largest absolute Gasteiger partial charge is 0.345 e. The highest BCUT2D eigenvalue weighted by atomic mass is 35.5. The smallest absolute Gasteiger partial charge is 0.249 e. The first kappa shape index (κ1) is 21.7. The van der Waals surface area contributed by atoms with Crippen LogP contribution in [-0.2, 0) is 17.9 Å². The summed E-state index contributed by atoms with van der Waals surface area (Å²) < 4.78 is 30.7. The third kappa shape index (κ3) is 4.38. The van der Waals surface area contributed by atoms with Crippen molar-refractivity contribution in [2.75, 3.05) is 4.90 Å². The summed E-state index contributed by atoms with van der Waals surface area (Å²) in [4.78, 5) is 21.5. The minimum absolute atomic E-state index is 0.0399. The fourth-order valence-corrected chi connectivity index (χ4v) is 3.99. The Morgan fingerprint density at radius 3 is 2.71 bits per heavy atom. The maximum atomic E-state index is 15.3. The molecule has 0 bridgehead atoms. The number of nitrogens with one attached hydrogen (secondary N) is 1. The molecule has 3 aromatic carbocycles. The summed E-state index contributed by atoms with van der Waals surface area (Å²) in [7, 11) is 0. The van der Waals surface area contributed by atoms with Crippen molar-refractivity contribution in [3.63, 3.8) is 0 Å². The highest BCUT2D eigenvalue weighted by molar-refractivity contribution is 6.30. The van der Waals surface area contributed by atoms with E-state index in [2.05, 4.69) is 20.3 Å². The van der Waals surface area contributed by atoms with Gasteiger partial charge in [-0.05, 0) is 48.0 Å². The van der Waals surface area contributed by atoms with Gasteiger partial charge in [0.15, 0.2) is 0 Å². The number of imidazole rings is 1. The summed E-state index contributed by atoms with van der Waals surface area (Å²) in [6.07, 6.45) is 3.06. The van der Waals surface area contributed by atoms with E-state index in [1.54, 1.807) is 24.4 Å². The molecule has 0 aliphatic rings. The topological polar surface area (TPSA) is 79.7 Å². The van der Waals surface area contributed by atoms with Gasteiger partial charge in [0.1, 0.15) is 23.7 Å². The fourth-order valence-electron chi connectivity index (χ4n) is 3.75. The molecule has 1 N–H and O–H groups in total. The molecule has 2 heterocycles. The Morgan fingerprint density at radius 2 is 1.94 bits per heavy atom. The van der Waals surface area contributed by atoms with Gasteiger partial charge in [0.2, 0.25) is 5.91 Å². The van der Waals surface area contributed by atoms with Crippen molar-refractivity contribution < 1.29 is 13.6 Å². The highest BCUT2D eigenvalue weighted by Gasteiger charge is 2.22. The average molecular weight is 479 g/mol. The molecule has 0 radical (unpaired) electrons. The summed E-state index contributed by atoms with van der Waals surface area (Å²) in [5, 5.41) is 8.29. The molecule has 0 aliphatic carbocycles. The zero-order valence-corrected chi connectivity index (χ0v) is 18.4. The van der Waals surface area contributed by atoms with Crippen LogP contribution in [0.25, 0.3) is 22.3 Å². The number of benzene rings is 3. The van der Waals surface area contributed by atoms with Gasteiger partial charge in [-0.2, -0.15) is 0 Å². The van der Waals surface area contributed by atoms with Gasteiger partial charge >= 0.3 is 0 Å². The van der Waals surface area contributed by atoms with E-state index in [9.17, 15) is 9.18 Å². The molecule has 0 saturated carbocycles. The molecule has 0 aliphatic heterocycles. The number of H-pyrrole nitrogens is 1. The van der Waals surface area contributed by atoms with Gasteiger partial charge in [0.25, 0.3) is 0 Å². The lowest BCUT2D eigenvalue weighted by molar-refractivity contribution is -0.119. The van der Waals surface area contributed by atoms with Gasteiger partial charge in [0, 0.05) is 10.6 Å². The summed E-state index contributed by atoms with van der Waals surface area (Å²) in [6.45, 7) is -0.283. The highest BCUT2D eigenvalue weighted by Crippen LogP contribution is 2.28. The van der Waals surface area contributed by atoms with E-state index in [1.165, 1.54) is 46.2 Å². The third-order valence-electron chi connectivity index (χ3n) is 5.32. The molecular weight excluding hydrogens is 462 g/mol. The standard InChI is InChI=1S/C24H17ClF2N6O/c25-17-7-15(8-18(26)10-17)12-32(22-6-5-16(9-19(22)27)21-11-28-14-29-21)24(34)13-33-23-4-2-1-3-20(23)30-31-33/h1-11,14H,12-13H2,(H,28,29). The van der Waals surface area contributed by atoms with Crippen LogP contribution >= 0.6 is 11.6 Å². The predicted octanol–water partition coefficient (Wildman–Crippen LogP) is 4.99. The number of anilines is 1. The summed E-state index contributed by atoms with van der Waals surface area (Å²) in [5.74, 6) is -1.62. The van der Waals surface area contributed by atoms with Crippen LogP contribution in [0, 0.1) is 11.6 Å². The number of hydrogen-bond acceptors (Lipinski definition) is 4. The number of aromatic amines is 1. The first-order chi connectivity index (χ1) is 16.5. The maximum absolute atomic E-state index is 15.3. The molecule has 34 heavy (non-hydrogen) atoms. The van der Waals surface area contributed by atoms with Crippen LogP contribution in [0.2, 0.25) is 5.02 Å². The van der Waals surface area contributed by atoms with E-state index in [0.29, 0.717) is 27.9 Å². The Balaban J connectivity index is 1.52. The SMILES string of the molecule is O=C(Cn1nnc2ccccc21)N(Cc1cc(F)cc(Cl)c1)c1ccc(-c2cnc[nH]2)cc1F. The van der Waals surface area contributed by atoms with Crippen molar-refractivity contribution >= 4 is 34.2 Å². The molecule has 2 aromatic heterocycles. The normalized spacial score (nSPS) is 11.1. The van der Waals surface area contributed by atoms with Crippen molar-refractivity contribution in [1.82, 2.24) is 25.0 Å². The number of carbonyl (C=O) groups excluding carboxylic acids is 1. The van der Waals surface area contributed by atoms with Crippen molar-refractivity contribution in [3.05, 3.63) is 95.4 Å². The second kappa shape index (κ2) is 9.03. The van der Waals surface area contributed by atoms with Gasteiger partial charge in [0.05, 0.1) is 36.0 Å². The van der Waals surface area contributed by atoms with E-state index in [1.807, 2.05) is 12.1 Å². The lowest BCUT2D eigenvalue weighted by atomic mass is 10.1. The van der Waals surface area contributed by atoms with Crippen LogP contribution in [0.1, 0.15) is 5.56 Å². The summed E-state index contributed by atoms with van der Waals surface area (Å²) >= 11 is 6.00. The average Bonchev–Trinajstić information content (AvgIpc) is 3.48. The van der Waals surface area contributed by atoms with E-state index in [4.69, 9.17) is 11.6 Å². The first-order valence-electron chi connectivity index (χ1n) is 10.3. The molecule has 5 aromatic rings. The van der Waals surface area contributed by atoms with Gasteiger partial charge in [-0.25, -0.2) is 18.4 Å². The Bertz CT molecular complexity index is 1460. The van der Waals surface area contributed by atoms with Gasteiger partial charge in [-0.1, -0.05) is 35.0 Å². The number of amides is 1. The van der Waals surface area contributed by atoms with Crippen LogP contribution in [0.3, 0.4) is 0 Å². The number of para-hydroxylation sites is 1. The van der Waals surface area contributed by atoms with E-state index in [-0.39, 0.29) is 23.8 Å². The number of fused-ring (bicyclic) bond motifs is 1. The molecule has 0 spiro atoms. The van der Waals surface area contributed by atoms with E-state index < -0.39 is 17.5 Å². The van der Waals surface area contributed by atoms with Crippen molar-refractivity contribution in [3.8, 4) is 11.3 Å². The zero-order chi connectivity index (χ0) is 23.7. The summed E-state index contributed by atoms with van der Waals surface area (Å²) in [6, 6.07) is 15.7. The number of carbonyl (C=O) groups is 1. The third-order valence-corrected chi connectivity index (χ3v) is 5.54. The molecule has 5 rings (SSSR count). The van der Waals surface area contributed by atoms with Crippen LogP contribution < -0.4 is 4.90 Å². The molecule has 0 fully saturated rings. The van der Waals surface area contributed by atoms with Crippen molar-refractivity contribution in [1.29, 1.82) is 0 Å².